The van der Waals surface area contributed by atoms with Crippen LogP contribution in [0.2, 0.25) is 0 Å². The highest BCUT2D eigenvalue weighted by Crippen LogP contribution is 2.35. The fourth-order valence-electron chi connectivity index (χ4n) is 4.45. The van der Waals surface area contributed by atoms with Gasteiger partial charge < -0.3 is 19.7 Å². The van der Waals surface area contributed by atoms with E-state index in [0.29, 0.717) is 6.04 Å². The first-order chi connectivity index (χ1) is 13.0. The van der Waals surface area contributed by atoms with Gasteiger partial charge in [-0.3, -0.25) is 9.59 Å². The summed E-state index contributed by atoms with van der Waals surface area (Å²) in [7, 11) is 1.86. The topological polar surface area (TPSA) is 59.7 Å². The number of carbonyl (C=O) groups is 1. The molecule has 1 amide bonds. The van der Waals surface area contributed by atoms with Crippen LogP contribution in [0.4, 0.5) is 5.69 Å². The Bertz CT molecular complexity index is 899. The summed E-state index contributed by atoms with van der Waals surface area (Å²) in [5.74, 6) is 0.125. The zero-order valence-electron chi connectivity index (χ0n) is 16.2. The lowest BCUT2D eigenvalue weighted by molar-refractivity contribution is -0.127. The average molecular weight is 368 g/mol. The van der Waals surface area contributed by atoms with E-state index in [4.69, 9.17) is 0 Å². The number of amides is 1. The number of piperidine rings is 1. The van der Waals surface area contributed by atoms with Crippen LogP contribution in [0, 0.1) is 0 Å². The summed E-state index contributed by atoms with van der Waals surface area (Å²) in [6, 6.07) is 6.61. The van der Waals surface area contributed by atoms with E-state index in [-0.39, 0.29) is 11.5 Å². The van der Waals surface area contributed by atoms with Crippen molar-refractivity contribution in [2.45, 2.75) is 32.2 Å². The van der Waals surface area contributed by atoms with Gasteiger partial charge in [-0.15, -0.1) is 0 Å². The molecule has 1 aromatic carbocycles. The van der Waals surface area contributed by atoms with Crippen LogP contribution in [-0.2, 0) is 11.2 Å². The van der Waals surface area contributed by atoms with Gasteiger partial charge in [0.2, 0.25) is 5.91 Å². The van der Waals surface area contributed by atoms with Crippen LogP contribution in [0.3, 0.4) is 0 Å². The molecule has 3 heterocycles. The third kappa shape index (κ3) is 3.46. The van der Waals surface area contributed by atoms with Gasteiger partial charge in [0.25, 0.3) is 5.56 Å². The largest absolute Gasteiger partial charge is 0.368 e. The highest BCUT2D eigenvalue weighted by Gasteiger charge is 2.29. The number of aromatic nitrogens is 1. The van der Waals surface area contributed by atoms with Crippen LogP contribution in [0.15, 0.2) is 29.2 Å². The monoisotopic (exact) mass is 368 g/mol. The molecule has 0 aliphatic carbocycles. The number of H-pyrrole nitrogens is 1. The second-order valence-electron chi connectivity index (χ2n) is 7.80. The first-order valence-corrected chi connectivity index (χ1v) is 9.88. The van der Waals surface area contributed by atoms with Gasteiger partial charge in [-0.1, -0.05) is 6.07 Å². The van der Waals surface area contributed by atoms with E-state index in [1.165, 1.54) is 11.3 Å². The third-order valence-corrected chi connectivity index (χ3v) is 6.20. The minimum atomic E-state index is 0.00172. The van der Waals surface area contributed by atoms with E-state index in [1.54, 1.807) is 11.8 Å². The SMILES string of the molecule is CC(=O)N(C)CCN1CCC(N2CCc3c[nH]c(=O)c4cccc2c34)CC1. The molecular weight excluding hydrogens is 340 g/mol. The molecule has 0 atom stereocenters. The molecule has 1 aromatic heterocycles. The first-order valence-electron chi connectivity index (χ1n) is 9.88. The number of benzene rings is 1. The number of carbonyl (C=O) groups excluding carboxylic acids is 1. The molecule has 0 bridgehead atoms. The smallest absolute Gasteiger partial charge is 0.255 e. The van der Waals surface area contributed by atoms with Crippen molar-refractivity contribution in [1.82, 2.24) is 14.8 Å². The molecule has 0 unspecified atom stereocenters. The summed E-state index contributed by atoms with van der Waals surface area (Å²) in [5, 5.41) is 1.94. The molecule has 144 valence electrons. The van der Waals surface area contributed by atoms with Gasteiger partial charge in [0, 0.05) is 75.4 Å². The van der Waals surface area contributed by atoms with Gasteiger partial charge in [0.05, 0.1) is 0 Å². The third-order valence-electron chi connectivity index (χ3n) is 6.20. The summed E-state index contributed by atoms with van der Waals surface area (Å²) in [6.07, 6.45) is 5.12. The Morgan fingerprint density at radius 2 is 2.04 bits per heavy atom. The van der Waals surface area contributed by atoms with Crippen LogP contribution in [0.25, 0.3) is 10.8 Å². The summed E-state index contributed by atoms with van der Waals surface area (Å²) >= 11 is 0. The normalized spacial score (nSPS) is 18.1. The van der Waals surface area contributed by atoms with E-state index in [1.807, 2.05) is 25.4 Å². The minimum Gasteiger partial charge on any atom is -0.368 e. The number of hydrogen-bond acceptors (Lipinski definition) is 4. The molecule has 1 saturated heterocycles. The molecular formula is C21H28N4O2. The molecule has 4 rings (SSSR count). The molecule has 27 heavy (non-hydrogen) atoms. The number of aromatic amines is 1. The fraction of sp³-hybridized carbons (Fsp3) is 0.524. The summed E-state index contributed by atoms with van der Waals surface area (Å²) in [5.41, 5.74) is 2.47. The number of hydrogen-bond donors (Lipinski definition) is 1. The second-order valence-corrected chi connectivity index (χ2v) is 7.80. The van der Waals surface area contributed by atoms with Gasteiger partial charge in [0.15, 0.2) is 0 Å². The van der Waals surface area contributed by atoms with Crippen LogP contribution in [-0.4, -0.2) is 66.5 Å². The Labute approximate surface area is 159 Å². The Morgan fingerprint density at radius 1 is 1.26 bits per heavy atom. The van der Waals surface area contributed by atoms with E-state index in [2.05, 4.69) is 20.9 Å². The number of nitrogens with zero attached hydrogens (tertiary/aromatic N) is 3. The maximum atomic E-state index is 12.2. The molecule has 0 saturated carbocycles. The molecule has 2 aliphatic rings. The molecule has 2 aliphatic heterocycles. The van der Waals surface area contributed by atoms with Gasteiger partial charge in [-0.25, -0.2) is 0 Å². The van der Waals surface area contributed by atoms with Crippen LogP contribution in [0.1, 0.15) is 25.3 Å². The maximum absolute atomic E-state index is 12.2. The number of pyridine rings is 1. The van der Waals surface area contributed by atoms with Crippen molar-refractivity contribution in [3.05, 3.63) is 40.3 Å². The van der Waals surface area contributed by atoms with Gasteiger partial charge in [0.1, 0.15) is 0 Å². The van der Waals surface area contributed by atoms with Crippen LogP contribution in [0.5, 0.6) is 0 Å². The molecule has 6 heteroatoms. The van der Waals surface area contributed by atoms with E-state index >= 15 is 0 Å². The summed E-state index contributed by atoms with van der Waals surface area (Å²) in [6.45, 7) is 6.48. The second kappa shape index (κ2) is 7.35. The zero-order valence-corrected chi connectivity index (χ0v) is 16.2. The Hall–Kier alpha value is -2.34. The van der Waals surface area contributed by atoms with Crippen molar-refractivity contribution < 1.29 is 4.79 Å². The maximum Gasteiger partial charge on any atom is 0.255 e. The van der Waals surface area contributed by atoms with Crippen LogP contribution >= 0.6 is 0 Å². The minimum absolute atomic E-state index is 0.00172. The number of likely N-dealkylation sites (N-methyl/N-ethyl adjacent to an activating group) is 1. The first kappa shape index (κ1) is 18.0. The highest BCUT2D eigenvalue weighted by atomic mass is 16.2. The molecule has 0 spiro atoms. The number of likely N-dealkylation sites (tertiary alicyclic amines) is 1. The molecule has 0 radical (unpaired) electrons. The van der Waals surface area contributed by atoms with E-state index in [0.717, 1.165) is 62.8 Å². The Balaban J connectivity index is 1.47. The summed E-state index contributed by atoms with van der Waals surface area (Å²) in [4.78, 5) is 33.2. The molecule has 2 aromatic rings. The van der Waals surface area contributed by atoms with Crippen molar-refractivity contribution in [1.29, 1.82) is 0 Å². The molecule has 1 N–H and O–H groups in total. The summed E-state index contributed by atoms with van der Waals surface area (Å²) < 4.78 is 0. The Morgan fingerprint density at radius 3 is 2.78 bits per heavy atom. The van der Waals surface area contributed by atoms with E-state index in [9.17, 15) is 9.59 Å². The number of anilines is 1. The number of rotatable bonds is 4. The zero-order chi connectivity index (χ0) is 19.0. The van der Waals surface area contributed by atoms with Crippen molar-refractivity contribution in [3.8, 4) is 0 Å². The van der Waals surface area contributed by atoms with Crippen molar-refractivity contribution >= 4 is 22.4 Å². The van der Waals surface area contributed by atoms with Gasteiger partial charge >= 0.3 is 0 Å². The molecule has 6 nitrogen and oxygen atoms in total. The predicted octanol–water partition coefficient (Wildman–Crippen LogP) is 1.83. The van der Waals surface area contributed by atoms with Crippen LogP contribution < -0.4 is 10.5 Å². The van der Waals surface area contributed by atoms with E-state index < -0.39 is 0 Å². The standard InChI is InChI=1S/C21H28N4O2/c1-15(26)23(2)12-13-24-9-7-17(8-10-24)25-11-6-16-14-22-21(27)18-4-3-5-19(25)20(16)18/h3-5,14,17H,6-13H2,1-2H3,(H,22,27). The number of nitrogens with one attached hydrogen (secondary N) is 1. The quantitative estimate of drug-likeness (QED) is 0.895. The fourth-order valence-corrected chi connectivity index (χ4v) is 4.45. The predicted molar refractivity (Wildman–Crippen MR) is 108 cm³/mol. The van der Waals surface area contributed by atoms with Crippen molar-refractivity contribution in [3.63, 3.8) is 0 Å². The van der Waals surface area contributed by atoms with Gasteiger partial charge in [-0.2, -0.15) is 0 Å². The lowest BCUT2D eigenvalue weighted by atomic mass is 9.94. The lowest BCUT2D eigenvalue weighted by Crippen LogP contribution is -2.48. The highest BCUT2D eigenvalue weighted by molar-refractivity contribution is 5.97. The lowest BCUT2D eigenvalue weighted by Gasteiger charge is -2.42. The Kier molecular flexibility index (Phi) is 4.91. The van der Waals surface area contributed by atoms with Crippen molar-refractivity contribution in [2.24, 2.45) is 0 Å². The molecule has 1 fully saturated rings. The van der Waals surface area contributed by atoms with Gasteiger partial charge in [-0.05, 0) is 37.0 Å². The average Bonchev–Trinajstić information content (AvgIpc) is 2.69. The van der Waals surface area contributed by atoms with Crippen molar-refractivity contribution in [2.75, 3.05) is 44.7 Å².